The van der Waals surface area contributed by atoms with Crippen molar-refractivity contribution in [3.63, 3.8) is 0 Å². The second-order valence-corrected chi connectivity index (χ2v) is 12.5. The molecule has 2 rings (SSSR count). The molecule has 1 saturated heterocycles. The first-order valence-corrected chi connectivity index (χ1v) is 13.7. The van der Waals surface area contributed by atoms with Crippen LogP contribution >= 0.6 is 0 Å². The molecule has 0 spiro atoms. The maximum absolute atomic E-state index is 13.2. The second kappa shape index (κ2) is 11.0. The summed E-state index contributed by atoms with van der Waals surface area (Å²) in [6, 6.07) is 8.00. The van der Waals surface area contributed by atoms with E-state index in [0.29, 0.717) is 50.9 Å². The number of nitrogens with zero attached hydrogens (tertiary/aromatic N) is 2. The smallest absolute Gasteiger partial charge is 0.208 e. The van der Waals surface area contributed by atoms with Gasteiger partial charge >= 0.3 is 0 Å². The van der Waals surface area contributed by atoms with Gasteiger partial charge in [0.05, 0.1) is 4.90 Å². The van der Waals surface area contributed by atoms with Crippen LogP contribution in [0, 0.1) is 11.8 Å². The average Bonchev–Trinajstić information content (AvgIpc) is 2.68. The van der Waals surface area contributed by atoms with Gasteiger partial charge in [0, 0.05) is 32.2 Å². The molecule has 1 aliphatic heterocycles. The molecule has 0 aromatic heterocycles. The van der Waals surface area contributed by atoms with Crippen LogP contribution in [0.3, 0.4) is 0 Å². The molecule has 0 bridgehead atoms. The number of hydrogen-bond acceptors (Lipinski definition) is 4. The van der Waals surface area contributed by atoms with E-state index in [9.17, 15) is 16.8 Å². The predicted octanol–water partition coefficient (Wildman–Crippen LogP) is 3.07. The van der Waals surface area contributed by atoms with Gasteiger partial charge < -0.3 is 0 Å². The first-order valence-electron chi connectivity index (χ1n) is 10.8. The highest BCUT2D eigenvalue weighted by Crippen LogP contribution is 2.21. The largest absolute Gasteiger partial charge is 0.281 e. The Labute approximate surface area is 183 Å². The molecule has 0 amide bonds. The van der Waals surface area contributed by atoms with Gasteiger partial charge in [0.15, 0.2) is 0 Å². The van der Waals surface area contributed by atoms with Crippen LogP contribution in [-0.2, 0) is 20.2 Å². The van der Waals surface area contributed by atoms with Crippen LogP contribution < -0.4 is 4.72 Å². The van der Waals surface area contributed by atoms with Crippen LogP contribution in [0.4, 0.5) is 0 Å². The summed E-state index contributed by atoms with van der Waals surface area (Å²) in [7, 11) is -7.14. The zero-order valence-corrected chi connectivity index (χ0v) is 20.3. The molecule has 0 radical (unpaired) electrons. The minimum atomic E-state index is -3.59. The molecule has 7 nitrogen and oxygen atoms in total. The zero-order valence-electron chi connectivity index (χ0n) is 18.6. The van der Waals surface area contributed by atoms with Gasteiger partial charge in [0.1, 0.15) is 0 Å². The SMILES string of the molecule is CC(C)CCN(CCC(C)C)S(=O)(=O)N1CCC(NS(=O)(=O)c2ccccc2)CC1. The second-order valence-electron chi connectivity index (χ2n) is 8.88. The third-order valence-electron chi connectivity index (χ3n) is 5.39. The van der Waals surface area contributed by atoms with Crippen LogP contribution in [0.5, 0.6) is 0 Å². The lowest BCUT2D eigenvalue weighted by Gasteiger charge is -2.35. The van der Waals surface area contributed by atoms with Crippen LogP contribution in [0.25, 0.3) is 0 Å². The molecule has 0 saturated carbocycles. The van der Waals surface area contributed by atoms with Gasteiger partial charge in [-0.2, -0.15) is 17.0 Å². The summed E-state index contributed by atoms with van der Waals surface area (Å²) < 4.78 is 57.4. The van der Waals surface area contributed by atoms with Gasteiger partial charge in [-0.1, -0.05) is 45.9 Å². The molecular weight excluding hydrogens is 422 g/mol. The van der Waals surface area contributed by atoms with Gasteiger partial charge in [0.2, 0.25) is 10.0 Å². The number of rotatable bonds is 11. The van der Waals surface area contributed by atoms with Gasteiger partial charge in [-0.3, -0.25) is 0 Å². The summed E-state index contributed by atoms with van der Waals surface area (Å²) in [5.74, 6) is 0.861. The lowest BCUT2D eigenvalue weighted by atomic mass is 10.1. The molecule has 0 aliphatic carbocycles. The number of nitrogens with one attached hydrogen (secondary N) is 1. The number of piperidine rings is 1. The van der Waals surface area contributed by atoms with E-state index in [1.807, 2.05) is 0 Å². The number of sulfonamides is 1. The van der Waals surface area contributed by atoms with Gasteiger partial charge in [-0.15, -0.1) is 0 Å². The standard InChI is InChI=1S/C21H37N3O4S2/c1-18(2)10-14-23(15-11-19(3)4)30(27,28)24-16-12-20(13-17-24)22-29(25,26)21-8-6-5-7-9-21/h5-9,18-20,22H,10-17H2,1-4H3. The summed E-state index contributed by atoms with van der Waals surface area (Å²) in [6.45, 7) is 10.1. The van der Waals surface area contributed by atoms with E-state index < -0.39 is 20.2 Å². The molecule has 0 atom stereocenters. The van der Waals surface area contributed by atoms with Crippen molar-refractivity contribution in [2.24, 2.45) is 11.8 Å². The first-order chi connectivity index (χ1) is 14.0. The van der Waals surface area contributed by atoms with E-state index in [0.717, 1.165) is 12.8 Å². The monoisotopic (exact) mass is 459 g/mol. The molecule has 172 valence electrons. The molecular formula is C21H37N3O4S2. The Kier molecular flexibility index (Phi) is 9.30. The van der Waals surface area contributed by atoms with Gasteiger partial charge in [-0.05, 0) is 49.7 Å². The van der Waals surface area contributed by atoms with Crippen molar-refractivity contribution >= 4 is 20.2 Å². The molecule has 1 aromatic carbocycles. The van der Waals surface area contributed by atoms with Crippen molar-refractivity contribution in [1.29, 1.82) is 0 Å². The molecule has 9 heteroatoms. The van der Waals surface area contributed by atoms with E-state index in [-0.39, 0.29) is 10.9 Å². The quantitative estimate of drug-likeness (QED) is 0.551. The van der Waals surface area contributed by atoms with Crippen LogP contribution in [-0.4, -0.2) is 57.7 Å². The third kappa shape index (κ3) is 7.30. The lowest BCUT2D eigenvalue weighted by Crippen LogP contribution is -2.51. The maximum atomic E-state index is 13.2. The zero-order chi connectivity index (χ0) is 22.4. The van der Waals surface area contributed by atoms with Crippen molar-refractivity contribution in [2.45, 2.75) is 64.3 Å². The fraction of sp³-hybridized carbons (Fsp3) is 0.714. The van der Waals surface area contributed by atoms with E-state index in [1.165, 1.54) is 4.31 Å². The average molecular weight is 460 g/mol. The van der Waals surface area contributed by atoms with Crippen LogP contribution in [0.2, 0.25) is 0 Å². The maximum Gasteiger partial charge on any atom is 0.281 e. The minimum absolute atomic E-state index is 0.230. The Morgan fingerprint density at radius 2 is 1.43 bits per heavy atom. The first kappa shape index (κ1) is 25.3. The van der Waals surface area contributed by atoms with E-state index >= 15 is 0 Å². The summed E-state index contributed by atoms with van der Waals surface area (Å²) in [6.07, 6.45) is 2.58. The normalized spacial score (nSPS) is 17.3. The van der Waals surface area contributed by atoms with Crippen molar-refractivity contribution in [1.82, 2.24) is 13.3 Å². The number of benzene rings is 1. The molecule has 0 unspecified atom stereocenters. The topological polar surface area (TPSA) is 86.8 Å². The highest BCUT2D eigenvalue weighted by molar-refractivity contribution is 7.89. The Morgan fingerprint density at radius 1 is 0.933 bits per heavy atom. The van der Waals surface area contributed by atoms with Crippen molar-refractivity contribution < 1.29 is 16.8 Å². The fourth-order valence-corrected chi connectivity index (χ4v) is 6.40. The molecule has 1 aliphatic rings. The molecule has 1 heterocycles. The van der Waals surface area contributed by atoms with Crippen LogP contribution in [0.15, 0.2) is 35.2 Å². The third-order valence-corrected chi connectivity index (χ3v) is 8.97. The van der Waals surface area contributed by atoms with Crippen molar-refractivity contribution in [3.05, 3.63) is 30.3 Å². The molecule has 1 fully saturated rings. The van der Waals surface area contributed by atoms with Crippen LogP contribution in [0.1, 0.15) is 53.4 Å². The fourth-order valence-electron chi connectivity index (χ4n) is 3.40. The summed E-state index contributed by atoms with van der Waals surface area (Å²) in [4.78, 5) is 0.230. The van der Waals surface area contributed by atoms with Gasteiger partial charge in [0.25, 0.3) is 10.2 Å². The predicted molar refractivity (Wildman–Crippen MR) is 121 cm³/mol. The summed E-state index contributed by atoms with van der Waals surface area (Å²) >= 11 is 0. The Morgan fingerprint density at radius 3 is 1.90 bits per heavy atom. The van der Waals surface area contributed by atoms with Crippen molar-refractivity contribution in [3.8, 4) is 0 Å². The Bertz CT molecular complexity index is 835. The van der Waals surface area contributed by atoms with E-state index in [1.54, 1.807) is 34.6 Å². The lowest BCUT2D eigenvalue weighted by molar-refractivity contribution is 0.270. The highest BCUT2D eigenvalue weighted by Gasteiger charge is 2.34. The minimum Gasteiger partial charge on any atom is -0.208 e. The van der Waals surface area contributed by atoms with Gasteiger partial charge in [-0.25, -0.2) is 13.1 Å². The highest BCUT2D eigenvalue weighted by atomic mass is 32.2. The molecule has 30 heavy (non-hydrogen) atoms. The van der Waals surface area contributed by atoms with E-state index in [2.05, 4.69) is 32.4 Å². The van der Waals surface area contributed by atoms with E-state index in [4.69, 9.17) is 0 Å². The number of hydrogen-bond donors (Lipinski definition) is 1. The summed E-state index contributed by atoms with van der Waals surface area (Å²) in [5.41, 5.74) is 0. The van der Waals surface area contributed by atoms with Crippen molar-refractivity contribution in [2.75, 3.05) is 26.2 Å². The molecule has 1 aromatic rings. The Balaban J connectivity index is 2.00. The Hall–Kier alpha value is -1.00. The molecule has 1 N–H and O–H groups in total. The summed E-state index contributed by atoms with van der Waals surface area (Å²) in [5, 5.41) is 0.